The van der Waals surface area contributed by atoms with Crippen molar-refractivity contribution in [1.82, 2.24) is 9.90 Å². The molecule has 4 nitrogen and oxygen atoms in total. The predicted molar refractivity (Wildman–Crippen MR) is 53.9 cm³/mol. The summed E-state index contributed by atoms with van der Waals surface area (Å²) in [7, 11) is 1.85. The molecule has 0 radical (unpaired) electrons. The van der Waals surface area contributed by atoms with Gasteiger partial charge in [0.25, 0.3) is 5.82 Å². The second kappa shape index (κ2) is 3.14. The lowest BCUT2D eigenvalue weighted by Gasteiger charge is -1.95. The van der Waals surface area contributed by atoms with Crippen LogP contribution in [0.5, 0.6) is 0 Å². The Morgan fingerprint density at radius 3 is 2.43 bits per heavy atom. The van der Waals surface area contributed by atoms with E-state index in [0.717, 1.165) is 5.69 Å². The fourth-order valence-electron chi connectivity index (χ4n) is 1.35. The minimum atomic E-state index is 0.636. The fraction of sp³-hybridized carbons (Fsp3) is 0.200. The van der Waals surface area contributed by atoms with Crippen LogP contribution in [0.2, 0.25) is 0 Å². The molecule has 0 aliphatic carbocycles. The van der Waals surface area contributed by atoms with E-state index in [1.807, 2.05) is 31.3 Å². The first kappa shape index (κ1) is 8.74. The van der Waals surface area contributed by atoms with Crippen molar-refractivity contribution < 1.29 is 4.68 Å². The highest BCUT2D eigenvalue weighted by Gasteiger charge is 2.11. The molecule has 14 heavy (non-hydrogen) atoms. The van der Waals surface area contributed by atoms with Gasteiger partial charge in [0.2, 0.25) is 0 Å². The molecule has 1 aromatic carbocycles. The van der Waals surface area contributed by atoms with Gasteiger partial charge >= 0.3 is 0 Å². The van der Waals surface area contributed by atoms with Gasteiger partial charge < -0.3 is 5.73 Å². The minimum absolute atomic E-state index is 0.636. The first-order valence-electron chi connectivity index (χ1n) is 4.45. The van der Waals surface area contributed by atoms with Gasteiger partial charge in [0.1, 0.15) is 7.05 Å². The largest absolute Gasteiger partial charge is 0.361 e. The smallest absolute Gasteiger partial charge is 0.261 e. The van der Waals surface area contributed by atoms with Gasteiger partial charge in [0, 0.05) is 0 Å². The average molecular weight is 189 g/mol. The molecule has 1 heterocycles. The first-order chi connectivity index (χ1) is 6.66. The van der Waals surface area contributed by atoms with Gasteiger partial charge in [-0.05, 0) is 19.1 Å². The first-order valence-corrected chi connectivity index (χ1v) is 4.45. The van der Waals surface area contributed by atoms with E-state index in [0.29, 0.717) is 5.82 Å². The van der Waals surface area contributed by atoms with Gasteiger partial charge in [0.15, 0.2) is 11.9 Å². The van der Waals surface area contributed by atoms with E-state index in [4.69, 9.17) is 5.73 Å². The minimum Gasteiger partial charge on any atom is -0.361 e. The van der Waals surface area contributed by atoms with Crippen LogP contribution < -0.4 is 10.4 Å². The van der Waals surface area contributed by atoms with E-state index < -0.39 is 0 Å². The fourth-order valence-corrected chi connectivity index (χ4v) is 1.35. The zero-order chi connectivity index (χ0) is 10.1. The van der Waals surface area contributed by atoms with E-state index in [1.165, 1.54) is 5.56 Å². The second-order valence-electron chi connectivity index (χ2n) is 3.36. The molecule has 0 bridgehead atoms. The lowest BCUT2D eigenvalue weighted by molar-refractivity contribution is -0.731. The number of hydrogen-bond donors (Lipinski definition) is 1. The third kappa shape index (κ3) is 1.46. The van der Waals surface area contributed by atoms with Crippen LogP contribution in [0.15, 0.2) is 30.5 Å². The maximum atomic E-state index is 5.79. The summed E-state index contributed by atoms with van der Waals surface area (Å²) >= 11 is 0. The Hall–Kier alpha value is -1.84. The van der Waals surface area contributed by atoms with Crippen molar-refractivity contribution in [3.63, 3.8) is 0 Å². The van der Waals surface area contributed by atoms with Crippen LogP contribution >= 0.6 is 0 Å². The summed E-state index contributed by atoms with van der Waals surface area (Å²) in [6.45, 7) is 2.05. The molecule has 0 aliphatic heterocycles. The van der Waals surface area contributed by atoms with E-state index in [9.17, 15) is 0 Å². The van der Waals surface area contributed by atoms with Crippen molar-refractivity contribution >= 4 is 5.82 Å². The van der Waals surface area contributed by atoms with Crippen molar-refractivity contribution in [1.29, 1.82) is 0 Å². The third-order valence-corrected chi connectivity index (χ3v) is 2.07. The Morgan fingerprint density at radius 2 is 1.93 bits per heavy atom. The highest BCUT2D eigenvalue weighted by Crippen LogP contribution is 2.10. The molecule has 1 aromatic heterocycles. The van der Waals surface area contributed by atoms with Crippen molar-refractivity contribution in [3.05, 3.63) is 36.0 Å². The number of nitrogen functional groups attached to an aromatic ring is 1. The van der Waals surface area contributed by atoms with Crippen LogP contribution in [0.3, 0.4) is 0 Å². The second-order valence-corrected chi connectivity index (χ2v) is 3.36. The molecule has 0 saturated heterocycles. The van der Waals surface area contributed by atoms with E-state index >= 15 is 0 Å². The van der Waals surface area contributed by atoms with E-state index in [1.54, 1.807) is 15.6 Å². The summed E-state index contributed by atoms with van der Waals surface area (Å²) in [4.78, 5) is 0. The molecule has 0 unspecified atom stereocenters. The monoisotopic (exact) mass is 189 g/mol. The number of aryl methyl sites for hydroxylation is 2. The molecule has 0 aliphatic rings. The molecular weight excluding hydrogens is 176 g/mol. The van der Waals surface area contributed by atoms with Crippen LogP contribution in [-0.4, -0.2) is 9.90 Å². The van der Waals surface area contributed by atoms with Crippen LogP contribution in [-0.2, 0) is 7.05 Å². The molecule has 2 aromatic rings. The zero-order valence-corrected chi connectivity index (χ0v) is 8.31. The van der Waals surface area contributed by atoms with Crippen molar-refractivity contribution in [3.8, 4) is 5.69 Å². The molecule has 4 heteroatoms. The topological polar surface area (TPSA) is 47.7 Å². The summed E-state index contributed by atoms with van der Waals surface area (Å²) in [6, 6.07) is 8.07. The zero-order valence-electron chi connectivity index (χ0n) is 8.31. The van der Waals surface area contributed by atoms with Gasteiger partial charge in [0.05, 0.1) is 5.21 Å². The molecule has 2 N–H and O–H groups in total. The quantitative estimate of drug-likeness (QED) is 0.667. The third-order valence-electron chi connectivity index (χ3n) is 2.07. The predicted octanol–water partition coefficient (Wildman–Crippen LogP) is 0.587. The van der Waals surface area contributed by atoms with Crippen LogP contribution in [0.4, 0.5) is 5.82 Å². The molecule has 2 rings (SSSR count). The Labute approximate surface area is 82.6 Å². The van der Waals surface area contributed by atoms with Gasteiger partial charge in [-0.15, -0.1) is 4.68 Å². The number of nitrogens with two attached hydrogens (primary N) is 1. The van der Waals surface area contributed by atoms with Gasteiger partial charge in [-0.3, -0.25) is 0 Å². The maximum absolute atomic E-state index is 5.79. The van der Waals surface area contributed by atoms with Gasteiger partial charge in [-0.25, -0.2) is 0 Å². The molecule has 0 saturated carbocycles. The lowest BCUT2D eigenvalue weighted by Crippen LogP contribution is -2.30. The summed E-state index contributed by atoms with van der Waals surface area (Å²) in [6.07, 6.45) is 1.78. The van der Waals surface area contributed by atoms with Crippen LogP contribution in [0.1, 0.15) is 5.56 Å². The van der Waals surface area contributed by atoms with Gasteiger partial charge in [-0.2, -0.15) is 0 Å². The standard InChI is InChI=1S/C10H13N4/c1-8-3-5-9(6-4-8)14-10(11)7-13(2)12-14/h3-7H,11H2,1-2H3/q+1. The Kier molecular flexibility index (Phi) is 1.96. The lowest BCUT2D eigenvalue weighted by atomic mass is 10.2. The van der Waals surface area contributed by atoms with Crippen molar-refractivity contribution in [2.45, 2.75) is 6.92 Å². The van der Waals surface area contributed by atoms with Crippen molar-refractivity contribution in [2.75, 3.05) is 5.73 Å². The Morgan fingerprint density at radius 1 is 1.29 bits per heavy atom. The highest BCUT2D eigenvalue weighted by atomic mass is 15.5. The summed E-state index contributed by atoms with van der Waals surface area (Å²) in [5.74, 6) is 0.636. The van der Waals surface area contributed by atoms with Gasteiger partial charge in [-0.1, -0.05) is 22.4 Å². The summed E-state index contributed by atoms with van der Waals surface area (Å²) in [5.41, 5.74) is 8.00. The van der Waals surface area contributed by atoms with Crippen LogP contribution in [0.25, 0.3) is 5.69 Å². The normalized spacial score (nSPS) is 10.4. The van der Waals surface area contributed by atoms with Crippen molar-refractivity contribution in [2.24, 2.45) is 7.05 Å². The SMILES string of the molecule is Cc1ccc(-n2n[n+](C)cc2N)cc1. The number of nitrogens with zero attached hydrogens (tertiary/aromatic N) is 3. The number of rotatable bonds is 1. The number of benzene rings is 1. The highest BCUT2D eigenvalue weighted by molar-refractivity contribution is 5.39. The number of hydrogen-bond acceptors (Lipinski definition) is 2. The molecular formula is C10H13N4+. The van der Waals surface area contributed by atoms with E-state index in [2.05, 4.69) is 12.1 Å². The van der Waals surface area contributed by atoms with Crippen LogP contribution in [0, 0.1) is 6.92 Å². The number of aromatic nitrogens is 3. The molecule has 72 valence electrons. The average Bonchev–Trinajstić information content (AvgIpc) is 2.47. The molecule has 0 fully saturated rings. The number of anilines is 1. The van der Waals surface area contributed by atoms with E-state index in [-0.39, 0.29) is 0 Å². The molecule has 0 spiro atoms. The summed E-state index contributed by atoms with van der Waals surface area (Å²) in [5, 5.41) is 4.22. The Balaban J connectivity index is 2.49. The summed E-state index contributed by atoms with van der Waals surface area (Å²) < 4.78 is 3.40. The molecule has 0 atom stereocenters. The Bertz CT molecular complexity index is 442. The molecule has 0 amide bonds. The maximum Gasteiger partial charge on any atom is 0.261 e.